The molecule has 4 fully saturated rings. The van der Waals surface area contributed by atoms with E-state index in [2.05, 4.69) is 35.9 Å². The van der Waals surface area contributed by atoms with Crippen molar-refractivity contribution in [2.24, 2.45) is 23.2 Å². The normalized spacial score (nSPS) is 30.0. The minimum Gasteiger partial charge on any atom is -0.478 e. The van der Waals surface area contributed by atoms with Gasteiger partial charge in [-0.15, -0.1) is 0 Å². The Bertz CT molecular complexity index is 940. The van der Waals surface area contributed by atoms with Crippen LogP contribution in [0, 0.1) is 37.0 Å². The lowest BCUT2D eigenvalue weighted by atomic mass is 9.48. The summed E-state index contributed by atoms with van der Waals surface area (Å²) in [6.45, 7) is 7.74. The number of carboxylic acids is 1. The lowest BCUT2D eigenvalue weighted by Gasteiger charge is -2.59. The van der Waals surface area contributed by atoms with Gasteiger partial charge in [0.15, 0.2) is 0 Å². The van der Waals surface area contributed by atoms with E-state index < -0.39 is 5.97 Å². The van der Waals surface area contributed by atoms with Gasteiger partial charge in [-0.3, -0.25) is 0 Å². The number of rotatable bonds is 7. The third-order valence-electron chi connectivity index (χ3n) is 8.90. The monoisotopic (exact) mass is 420 g/mol. The molecule has 0 unspecified atom stereocenters. The van der Waals surface area contributed by atoms with Crippen molar-refractivity contribution in [2.75, 3.05) is 0 Å². The zero-order valence-corrected chi connectivity index (χ0v) is 19.2. The Balaban J connectivity index is 1.37. The van der Waals surface area contributed by atoms with Crippen LogP contribution in [0.4, 0.5) is 0 Å². The van der Waals surface area contributed by atoms with Crippen molar-refractivity contribution in [3.8, 4) is 0 Å². The Morgan fingerprint density at radius 2 is 1.65 bits per heavy atom. The average molecular weight is 421 g/mol. The topological polar surface area (TPSA) is 54.3 Å². The van der Waals surface area contributed by atoms with E-state index >= 15 is 0 Å². The van der Waals surface area contributed by atoms with Crippen LogP contribution >= 0.6 is 0 Å². The highest BCUT2D eigenvalue weighted by atomic mass is 16.4. The van der Waals surface area contributed by atoms with E-state index in [1.807, 2.05) is 25.1 Å². The summed E-state index contributed by atoms with van der Waals surface area (Å²) in [5.41, 5.74) is 4.99. The lowest BCUT2D eigenvalue weighted by molar-refractivity contribution is -0.0706. The van der Waals surface area contributed by atoms with E-state index in [1.54, 1.807) is 0 Å². The summed E-state index contributed by atoms with van der Waals surface area (Å²) in [6.07, 6.45) is 8.46. The van der Waals surface area contributed by atoms with Crippen LogP contribution in [0.3, 0.4) is 0 Å². The van der Waals surface area contributed by atoms with Gasteiger partial charge in [0, 0.05) is 36.1 Å². The Labute approximate surface area is 186 Å². The molecular formula is C27H36N2O2. The maximum Gasteiger partial charge on any atom is 0.337 e. The molecule has 0 aliphatic heterocycles. The molecule has 0 radical (unpaired) electrons. The molecule has 0 amide bonds. The second kappa shape index (κ2) is 7.81. The summed E-state index contributed by atoms with van der Waals surface area (Å²) in [4.78, 5) is 12.2. The second-order valence-electron chi connectivity index (χ2n) is 10.8. The molecule has 1 aromatic carbocycles. The summed E-state index contributed by atoms with van der Waals surface area (Å²) < 4.78 is 2.17. The van der Waals surface area contributed by atoms with Gasteiger partial charge in [0.2, 0.25) is 0 Å². The van der Waals surface area contributed by atoms with E-state index in [-0.39, 0.29) is 0 Å². The number of aromatic nitrogens is 1. The fourth-order valence-corrected chi connectivity index (χ4v) is 7.63. The van der Waals surface area contributed by atoms with Gasteiger partial charge in [-0.2, -0.15) is 0 Å². The van der Waals surface area contributed by atoms with Crippen molar-refractivity contribution in [2.45, 2.75) is 78.4 Å². The Morgan fingerprint density at radius 1 is 1.06 bits per heavy atom. The molecule has 2 N–H and O–H groups in total. The predicted molar refractivity (Wildman–Crippen MR) is 123 cm³/mol. The van der Waals surface area contributed by atoms with Crippen LogP contribution in [0.5, 0.6) is 0 Å². The fraction of sp³-hybridized carbons (Fsp3) is 0.593. The highest BCUT2D eigenvalue weighted by Crippen LogP contribution is 2.61. The van der Waals surface area contributed by atoms with Crippen LogP contribution in [-0.4, -0.2) is 21.7 Å². The molecule has 6 rings (SSSR count). The summed E-state index contributed by atoms with van der Waals surface area (Å²) >= 11 is 0. The van der Waals surface area contributed by atoms with E-state index in [0.717, 1.165) is 34.7 Å². The first-order valence-electron chi connectivity index (χ1n) is 12.1. The van der Waals surface area contributed by atoms with Crippen LogP contribution in [0.2, 0.25) is 0 Å². The van der Waals surface area contributed by atoms with Gasteiger partial charge in [-0.1, -0.05) is 30.3 Å². The molecule has 4 saturated carbocycles. The minimum absolute atomic E-state index is 0.424. The highest BCUT2D eigenvalue weighted by Gasteiger charge is 2.53. The maximum absolute atomic E-state index is 12.2. The van der Waals surface area contributed by atoms with Crippen molar-refractivity contribution < 1.29 is 9.90 Å². The molecule has 166 valence electrons. The van der Waals surface area contributed by atoms with Gasteiger partial charge in [0.05, 0.1) is 5.56 Å². The molecular weight excluding hydrogens is 384 g/mol. The number of hydrogen-bond donors (Lipinski definition) is 2. The van der Waals surface area contributed by atoms with Crippen molar-refractivity contribution in [1.29, 1.82) is 0 Å². The standard InChI is InChI=1S/C27H36N2O2/c1-17-24(25(26(30)31)18(2)29(17)16-20-7-5-4-6-8-20)15-28-19(3)27-12-21-9-22(13-27)11-23(10-21)14-27/h4-8,19,21-23,28H,9-16H2,1-3H3,(H,30,31)/t19-,21?,22?,23?,27?/m1/s1. The van der Waals surface area contributed by atoms with Gasteiger partial charge in [0.1, 0.15) is 0 Å². The average Bonchev–Trinajstić information content (AvgIpc) is 2.96. The van der Waals surface area contributed by atoms with E-state index in [0.29, 0.717) is 30.1 Å². The molecule has 0 saturated heterocycles. The lowest BCUT2D eigenvalue weighted by Crippen LogP contribution is -2.54. The fourth-order valence-electron chi connectivity index (χ4n) is 7.63. The van der Waals surface area contributed by atoms with Gasteiger partial charge >= 0.3 is 5.97 Å². The molecule has 4 nitrogen and oxygen atoms in total. The quantitative estimate of drug-likeness (QED) is 0.618. The Morgan fingerprint density at radius 3 is 2.19 bits per heavy atom. The first-order chi connectivity index (χ1) is 14.9. The number of nitrogens with zero attached hydrogens (tertiary/aromatic N) is 1. The van der Waals surface area contributed by atoms with Crippen LogP contribution in [0.15, 0.2) is 30.3 Å². The van der Waals surface area contributed by atoms with Gasteiger partial charge in [-0.25, -0.2) is 4.79 Å². The van der Waals surface area contributed by atoms with E-state index in [9.17, 15) is 9.90 Å². The highest BCUT2D eigenvalue weighted by molar-refractivity contribution is 5.91. The number of nitrogens with one attached hydrogen (secondary N) is 1. The zero-order valence-electron chi connectivity index (χ0n) is 19.2. The molecule has 4 heteroatoms. The van der Waals surface area contributed by atoms with Crippen LogP contribution in [0.25, 0.3) is 0 Å². The van der Waals surface area contributed by atoms with Crippen molar-refractivity contribution >= 4 is 5.97 Å². The minimum atomic E-state index is -0.813. The zero-order chi connectivity index (χ0) is 21.8. The predicted octanol–water partition coefficient (Wildman–Crippen LogP) is 5.55. The molecule has 4 bridgehead atoms. The number of aromatic carboxylic acids is 1. The Hall–Kier alpha value is -2.07. The van der Waals surface area contributed by atoms with E-state index in [1.165, 1.54) is 44.1 Å². The summed E-state index contributed by atoms with van der Waals surface area (Å²) in [5, 5.41) is 13.8. The Kier molecular flexibility index (Phi) is 5.24. The smallest absolute Gasteiger partial charge is 0.337 e. The second-order valence-corrected chi connectivity index (χ2v) is 10.8. The molecule has 0 spiro atoms. The first-order valence-corrected chi connectivity index (χ1v) is 12.1. The molecule has 1 atom stereocenters. The summed E-state index contributed by atoms with van der Waals surface area (Å²) in [5.74, 6) is 1.98. The van der Waals surface area contributed by atoms with Crippen LogP contribution < -0.4 is 5.32 Å². The molecule has 1 heterocycles. The van der Waals surface area contributed by atoms with Gasteiger partial charge in [0.25, 0.3) is 0 Å². The number of benzene rings is 1. The summed E-state index contributed by atoms with van der Waals surface area (Å²) in [7, 11) is 0. The number of carbonyl (C=O) groups is 1. The SMILES string of the molecule is Cc1c(CN[C@H](C)C23CC4CC(CC(C4)C2)C3)c(C(=O)O)c(C)n1Cc1ccccc1. The molecule has 1 aromatic heterocycles. The first kappa shape index (κ1) is 20.8. The molecule has 2 aromatic rings. The molecule has 4 aliphatic carbocycles. The largest absolute Gasteiger partial charge is 0.478 e. The molecule has 31 heavy (non-hydrogen) atoms. The van der Waals surface area contributed by atoms with Crippen molar-refractivity contribution in [3.05, 3.63) is 58.4 Å². The van der Waals surface area contributed by atoms with Gasteiger partial charge in [-0.05, 0) is 88.0 Å². The van der Waals surface area contributed by atoms with Crippen molar-refractivity contribution in [3.63, 3.8) is 0 Å². The summed E-state index contributed by atoms with van der Waals surface area (Å²) in [6, 6.07) is 10.7. The van der Waals surface area contributed by atoms with Crippen molar-refractivity contribution in [1.82, 2.24) is 9.88 Å². The third-order valence-corrected chi connectivity index (χ3v) is 8.90. The van der Waals surface area contributed by atoms with E-state index in [4.69, 9.17) is 0 Å². The van der Waals surface area contributed by atoms with Crippen LogP contribution in [-0.2, 0) is 13.1 Å². The molecule has 4 aliphatic rings. The maximum atomic E-state index is 12.2. The number of carboxylic acid groups (broad SMARTS) is 1. The van der Waals surface area contributed by atoms with Gasteiger partial charge < -0.3 is 15.0 Å². The third kappa shape index (κ3) is 3.63. The number of hydrogen-bond acceptors (Lipinski definition) is 2. The van der Waals surface area contributed by atoms with Crippen LogP contribution in [0.1, 0.15) is 78.3 Å².